The fourth-order valence-corrected chi connectivity index (χ4v) is 4.23. The van der Waals surface area contributed by atoms with Crippen LogP contribution in [0.25, 0.3) is 5.65 Å². The number of hydrogen-bond acceptors (Lipinski definition) is 3. The smallest absolute Gasteiger partial charge is 0.136 e. The standard InChI is InChI=1S/C18H26N4/c1-2-10-22-17(13-20-18(22)3-1)14-21-11-6-16(7-12-21)15-4-8-19-9-5-15/h1-3,10,13,15-16,19H,4-9,11-12,14H2. The van der Waals surface area contributed by atoms with Gasteiger partial charge in [0.25, 0.3) is 0 Å². The van der Waals surface area contributed by atoms with E-state index in [4.69, 9.17) is 0 Å². The van der Waals surface area contributed by atoms with E-state index in [2.05, 4.69) is 44.0 Å². The van der Waals surface area contributed by atoms with Gasteiger partial charge in [-0.3, -0.25) is 4.90 Å². The van der Waals surface area contributed by atoms with Gasteiger partial charge in [-0.25, -0.2) is 4.98 Å². The molecule has 0 aliphatic carbocycles. The van der Waals surface area contributed by atoms with Crippen molar-refractivity contribution in [2.45, 2.75) is 32.2 Å². The number of pyridine rings is 1. The molecule has 4 heterocycles. The van der Waals surface area contributed by atoms with E-state index in [9.17, 15) is 0 Å². The highest BCUT2D eigenvalue weighted by molar-refractivity contribution is 5.39. The summed E-state index contributed by atoms with van der Waals surface area (Å²) in [5.41, 5.74) is 2.37. The van der Waals surface area contributed by atoms with Crippen LogP contribution in [0.2, 0.25) is 0 Å². The van der Waals surface area contributed by atoms with Crippen molar-refractivity contribution in [3.05, 3.63) is 36.3 Å². The Morgan fingerprint density at radius 3 is 2.64 bits per heavy atom. The molecule has 0 saturated carbocycles. The van der Waals surface area contributed by atoms with Crippen LogP contribution in [-0.2, 0) is 6.54 Å². The van der Waals surface area contributed by atoms with Crippen LogP contribution in [-0.4, -0.2) is 40.5 Å². The van der Waals surface area contributed by atoms with Gasteiger partial charge in [-0.2, -0.15) is 0 Å². The highest BCUT2D eigenvalue weighted by Crippen LogP contribution is 2.31. The molecule has 0 aromatic carbocycles. The third kappa shape index (κ3) is 2.90. The van der Waals surface area contributed by atoms with Crippen LogP contribution in [0.15, 0.2) is 30.6 Å². The zero-order chi connectivity index (χ0) is 14.8. The number of hydrogen-bond donors (Lipinski definition) is 1. The topological polar surface area (TPSA) is 32.6 Å². The summed E-state index contributed by atoms with van der Waals surface area (Å²) in [6, 6.07) is 6.21. The average molecular weight is 298 g/mol. The Morgan fingerprint density at radius 1 is 1.05 bits per heavy atom. The predicted molar refractivity (Wildman–Crippen MR) is 88.8 cm³/mol. The third-order valence-electron chi connectivity index (χ3n) is 5.56. The van der Waals surface area contributed by atoms with Crippen molar-refractivity contribution in [2.24, 2.45) is 11.8 Å². The van der Waals surface area contributed by atoms with Gasteiger partial charge in [0.05, 0.1) is 11.9 Å². The fourth-order valence-electron chi connectivity index (χ4n) is 4.23. The van der Waals surface area contributed by atoms with Gasteiger partial charge in [0.1, 0.15) is 5.65 Å². The second-order valence-electron chi connectivity index (χ2n) is 6.88. The molecule has 0 bridgehead atoms. The summed E-state index contributed by atoms with van der Waals surface area (Å²) in [4.78, 5) is 7.11. The molecule has 0 radical (unpaired) electrons. The van der Waals surface area contributed by atoms with E-state index in [-0.39, 0.29) is 0 Å². The monoisotopic (exact) mass is 298 g/mol. The Balaban J connectivity index is 1.35. The summed E-state index contributed by atoms with van der Waals surface area (Å²) in [6.45, 7) is 5.98. The van der Waals surface area contributed by atoms with Crippen molar-refractivity contribution in [3.63, 3.8) is 0 Å². The van der Waals surface area contributed by atoms with E-state index in [1.807, 2.05) is 6.20 Å². The molecular formula is C18H26N4. The minimum absolute atomic E-state index is 0.959. The second kappa shape index (κ2) is 6.39. The summed E-state index contributed by atoms with van der Waals surface area (Å²) in [5, 5.41) is 3.49. The van der Waals surface area contributed by atoms with Crippen LogP contribution in [0.5, 0.6) is 0 Å². The lowest BCUT2D eigenvalue weighted by Crippen LogP contribution is -2.39. The summed E-state index contributed by atoms with van der Waals surface area (Å²) in [6.07, 6.45) is 9.69. The molecule has 4 nitrogen and oxygen atoms in total. The number of rotatable bonds is 3. The summed E-state index contributed by atoms with van der Waals surface area (Å²) >= 11 is 0. The second-order valence-corrected chi connectivity index (χ2v) is 6.88. The first-order valence-electron chi connectivity index (χ1n) is 8.74. The Kier molecular flexibility index (Phi) is 4.13. The molecule has 2 aromatic heterocycles. The van der Waals surface area contributed by atoms with Gasteiger partial charge >= 0.3 is 0 Å². The molecule has 0 atom stereocenters. The van der Waals surface area contributed by atoms with Gasteiger partial charge in [0.15, 0.2) is 0 Å². The van der Waals surface area contributed by atoms with Crippen LogP contribution < -0.4 is 5.32 Å². The third-order valence-corrected chi connectivity index (χ3v) is 5.56. The fraction of sp³-hybridized carbons (Fsp3) is 0.611. The Labute approximate surface area is 132 Å². The summed E-state index contributed by atoms with van der Waals surface area (Å²) < 4.78 is 2.22. The van der Waals surface area contributed by atoms with Crippen molar-refractivity contribution >= 4 is 5.65 Å². The number of aromatic nitrogens is 2. The summed E-state index contributed by atoms with van der Waals surface area (Å²) in [7, 11) is 0. The largest absolute Gasteiger partial charge is 0.317 e. The molecule has 22 heavy (non-hydrogen) atoms. The van der Waals surface area contributed by atoms with Crippen molar-refractivity contribution in [1.82, 2.24) is 19.6 Å². The van der Waals surface area contributed by atoms with E-state index >= 15 is 0 Å². The molecule has 2 aromatic rings. The van der Waals surface area contributed by atoms with Crippen molar-refractivity contribution < 1.29 is 0 Å². The van der Waals surface area contributed by atoms with Crippen molar-refractivity contribution in [3.8, 4) is 0 Å². The van der Waals surface area contributed by atoms with Gasteiger partial charge in [-0.15, -0.1) is 0 Å². The molecular weight excluding hydrogens is 272 g/mol. The normalized spacial score (nSPS) is 22.4. The Bertz CT molecular complexity index is 606. The maximum absolute atomic E-state index is 4.50. The molecule has 0 spiro atoms. The van der Waals surface area contributed by atoms with Crippen molar-refractivity contribution in [1.29, 1.82) is 0 Å². The first-order valence-corrected chi connectivity index (χ1v) is 8.74. The van der Waals surface area contributed by atoms with Crippen LogP contribution in [0.4, 0.5) is 0 Å². The van der Waals surface area contributed by atoms with E-state index in [0.717, 1.165) is 24.0 Å². The van der Waals surface area contributed by atoms with Crippen LogP contribution in [0.1, 0.15) is 31.4 Å². The quantitative estimate of drug-likeness (QED) is 0.945. The van der Waals surface area contributed by atoms with E-state index in [1.165, 1.54) is 57.6 Å². The molecule has 4 rings (SSSR count). The zero-order valence-electron chi connectivity index (χ0n) is 13.2. The molecule has 2 aliphatic rings. The number of fused-ring (bicyclic) bond motifs is 1. The van der Waals surface area contributed by atoms with Gasteiger partial charge in [0.2, 0.25) is 0 Å². The summed E-state index contributed by atoms with van der Waals surface area (Å²) in [5.74, 6) is 1.93. The van der Waals surface area contributed by atoms with E-state index in [0.29, 0.717) is 0 Å². The van der Waals surface area contributed by atoms with Gasteiger partial charge in [-0.05, 0) is 75.8 Å². The first kappa shape index (κ1) is 14.2. The van der Waals surface area contributed by atoms with E-state index in [1.54, 1.807) is 0 Å². The number of nitrogens with zero attached hydrogens (tertiary/aromatic N) is 3. The molecule has 0 amide bonds. The lowest BCUT2D eigenvalue weighted by molar-refractivity contribution is 0.125. The van der Waals surface area contributed by atoms with Crippen LogP contribution >= 0.6 is 0 Å². The number of piperidine rings is 2. The number of likely N-dealkylation sites (tertiary alicyclic amines) is 1. The Morgan fingerprint density at radius 2 is 1.82 bits per heavy atom. The van der Waals surface area contributed by atoms with Gasteiger partial charge in [-0.1, -0.05) is 6.07 Å². The average Bonchev–Trinajstić information content (AvgIpc) is 3.00. The van der Waals surface area contributed by atoms with Crippen LogP contribution in [0.3, 0.4) is 0 Å². The maximum atomic E-state index is 4.50. The molecule has 118 valence electrons. The molecule has 2 fully saturated rings. The van der Waals surface area contributed by atoms with E-state index < -0.39 is 0 Å². The zero-order valence-corrected chi connectivity index (χ0v) is 13.2. The minimum atomic E-state index is 0.959. The van der Waals surface area contributed by atoms with Gasteiger partial charge < -0.3 is 9.72 Å². The molecule has 1 N–H and O–H groups in total. The van der Waals surface area contributed by atoms with Crippen LogP contribution in [0, 0.1) is 11.8 Å². The predicted octanol–water partition coefficient (Wildman–Crippen LogP) is 2.55. The SMILES string of the molecule is c1ccn2c(CN3CCC(C4CCNCC4)CC3)cnc2c1. The molecule has 2 aliphatic heterocycles. The Hall–Kier alpha value is -1.39. The number of nitrogens with one attached hydrogen (secondary N) is 1. The lowest BCUT2D eigenvalue weighted by atomic mass is 9.79. The highest BCUT2D eigenvalue weighted by atomic mass is 15.2. The lowest BCUT2D eigenvalue weighted by Gasteiger charge is -2.37. The first-order chi connectivity index (χ1) is 10.9. The van der Waals surface area contributed by atoms with Gasteiger partial charge in [0, 0.05) is 12.7 Å². The maximum Gasteiger partial charge on any atom is 0.136 e. The minimum Gasteiger partial charge on any atom is -0.317 e. The molecule has 0 unspecified atom stereocenters. The molecule has 4 heteroatoms. The molecule has 2 saturated heterocycles. The number of imidazole rings is 1. The highest BCUT2D eigenvalue weighted by Gasteiger charge is 2.27. The van der Waals surface area contributed by atoms with Crippen molar-refractivity contribution in [2.75, 3.05) is 26.2 Å².